The van der Waals surface area contributed by atoms with Gasteiger partial charge in [0.1, 0.15) is 12.4 Å². The topological polar surface area (TPSA) is 96.9 Å². The van der Waals surface area contributed by atoms with Crippen molar-refractivity contribution in [3.63, 3.8) is 0 Å². The summed E-state index contributed by atoms with van der Waals surface area (Å²) in [4.78, 5) is 24.0. The van der Waals surface area contributed by atoms with Gasteiger partial charge < -0.3 is 25.2 Å². The van der Waals surface area contributed by atoms with Crippen molar-refractivity contribution in [3.8, 4) is 5.75 Å². The molecule has 1 aromatic rings. The van der Waals surface area contributed by atoms with Crippen LogP contribution >= 0.6 is 0 Å². The number of carbonyl (C=O) groups excluding carboxylic acids is 2. The van der Waals surface area contributed by atoms with Crippen LogP contribution in [0.1, 0.15) is 18.5 Å². The zero-order valence-corrected chi connectivity index (χ0v) is 12.4. The fraction of sp³-hybridized carbons (Fsp3) is 0.333. The third-order valence-electron chi connectivity index (χ3n) is 3.26. The fourth-order valence-corrected chi connectivity index (χ4v) is 2.22. The van der Waals surface area contributed by atoms with Gasteiger partial charge in [-0.3, -0.25) is 0 Å². The average Bonchev–Trinajstić information content (AvgIpc) is 2.47. The molecule has 7 nitrogen and oxygen atoms in total. The molecule has 0 radical (unpaired) electrons. The molecule has 2 rings (SSSR count). The molecule has 0 saturated heterocycles. The lowest BCUT2D eigenvalue weighted by atomic mass is 9.95. The SMILES string of the molecule is COCCOC(=O)C1=C(C)NC(=O)NC1c1ccccc1O. The number of nitrogens with one attached hydrogen (secondary N) is 2. The highest BCUT2D eigenvalue weighted by molar-refractivity contribution is 5.95. The minimum atomic E-state index is -0.773. The maximum atomic E-state index is 12.3. The first-order valence-electron chi connectivity index (χ1n) is 6.76. The highest BCUT2D eigenvalue weighted by Crippen LogP contribution is 2.32. The molecule has 1 aliphatic heterocycles. The van der Waals surface area contributed by atoms with Gasteiger partial charge in [0.2, 0.25) is 0 Å². The molecule has 1 aromatic carbocycles. The number of para-hydroxylation sites is 1. The summed E-state index contributed by atoms with van der Waals surface area (Å²) in [5, 5.41) is 15.1. The first-order chi connectivity index (χ1) is 10.5. The minimum Gasteiger partial charge on any atom is -0.508 e. The van der Waals surface area contributed by atoms with Crippen LogP contribution in [0, 0.1) is 0 Å². The van der Waals surface area contributed by atoms with Crippen molar-refractivity contribution in [2.75, 3.05) is 20.3 Å². The number of urea groups is 1. The molecule has 118 valence electrons. The summed E-state index contributed by atoms with van der Waals surface area (Å²) in [6.45, 7) is 1.99. The van der Waals surface area contributed by atoms with Gasteiger partial charge in [-0.1, -0.05) is 18.2 Å². The maximum Gasteiger partial charge on any atom is 0.338 e. The normalized spacial score (nSPS) is 17.7. The Balaban J connectivity index is 2.33. The molecule has 2 amide bonds. The van der Waals surface area contributed by atoms with Crippen molar-refractivity contribution < 1.29 is 24.2 Å². The molecule has 3 N–H and O–H groups in total. The summed E-state index contributed by atoms with van der Waals surface area (Å²) >= 11 is 0. The summed E-state index contributed by atoms with van der Waals surface area (Å²) in [6.07, 6.45) is 0. The molecule has 1 atom stereocenters. The van der Waals surface area contributed by atoms with Gasteiger partial charge in [-0.2, -0.15) is 0 Å². The molecule has 0 saturated carbocycles. The number of phenols is 1. The molecule has 1 heterocycles. The number of hydrogen-bond acceptors (Lipinski definition) is 5. The van der Waals surface area contributed by atoms with Crippen LogP contribution in [0.4, 0.5) is 4.79 Å². The van der Waals surface area contributed by atoms with Crippen molar-refractivity contribution >= 4 is 12.0 Å². The van der Waals surface area contributed by atoms with E-state index in [4.69, 9.17) is 9.47 Å². The third-order valence-corrected chi connectivity index (χ3v) is 3.26. The second-order valence-electron chi connectivity index (χ2n) is 4.76. The minimum absolute atomic E-state index is 0.00954. The lowest BCUT2D eigenvalue weighted by Gasteiger charge is -2.28. The zero-order chi connectivity index (χ0) is 16.1. The van der Waals surface area contributed by atoms with Crippen LogP contribution in [-0.2, 0) is 14.3 Å². The Kier molecular flexibility index (Phi) is 5.00. The molecule has 0 fully saturated rings. The van der Waals surface area contributed by atoms with E-state index in [0.717, 1.165) is 0 Å². The van der Waals surface area contributed by atoms with Crippen LogP contribution in [-0.4, -0.2) is 37.4 Å². The molecule has 0 aliphatic carbocycles. The summed E-state index contributed by atoms with van der Waals surface area (Å²) in [7, 11) is 1.51. The molecular weight excluding hydrogens is 288 g/mol. The van der Waals surface area contributed by atoms with E-state index in [-0.39, 0.29) is 24.5 Å². The third kappa shape index (κ3) is 3.37. The lowest BCUT2D eigenvalue weighted by molar-refractivity contribution is -0.140. The van der Waals surface area contributed by atoms with Gasteiger partial charge in [0.05, 0.1) is 18.2 Å². The number of rotatable bonds is 5. The van der Waals surface area contributed by atoms with Crippen molar-refractivity contribution in [2.24, 2.45) is 0 Å². The number of methoxy groups -OCH3 is 1. The molecular formula is C15H18N2O5. The van der Waals surface area contributed by atoms with Crippen LogP contribution < -0.4 is 10.6 Å². The van der Waals surface area contributed by atoms with Crippen molar-refractivity contribution in [1.29, 1.82) is 0 Å². The monoisotopic (exact) mass is 306 g/mol. The number of phenolic OH excluding ortho intramolecular Hbond substituents is 1. The summed E-state index contributed by atoms with van der Waals surface area (Å²) < 4.78 is 9.96. The number of amides is 2. The van der Waals surface area contributed by atoms with Crippen molar-refractivity contribution in [3.05, 3.63) is 41.1 Å². The van der Waals surface area contributed by atoms with Crippen LogP contribution in [0.15, 0.2) is 35.5 Å². The predicted molar refractivity (Wildman–Crippen MR) is 78.1 cm³/mol. The van der Waals surface area contributed by atoms with E-state index in [0.29, 0.717) is 11.3 Å². The second-order valence-corrected chi connectivity index (χ2v) is 4.76. The Morgan fingerprint density at radius 2 is 2.05 bits per heavy atom. The van der Waals surface area contributed by atoms with Gasteiger partial charge in [0, 0.05) is 18.4 Å². The lowest BCUT2D eigenvalue weighted by Crippen LogP contribution is -2.45. The Morgan fingerprint density at radius 3 is 2.73 bits per heavy atom. The van der Waals surface area contributed by atoms with E-state index >= 15 is 0 Å². The van der Waals surface area contributed by atoms with Crippen LogP contribution in [0.25, 0.3) is 0 Å². The molecule has 1 aliphatic rings. The van der Waals surface area contributed by atoms with Gasteiger partial charge in [0.15, 0.2) is 0 Å². The predicted octanol–water partition coefficient (Wildman–Crippen LogP) is 1.21. The number of carbonyl (C=O) groups is 2. The Morgan fingerprint density at radius 1 is 1.32 bits per heavy atom. The Bertz CT molecular complexity index is 612. The summed E-state index contributed by atoms with van der Waals surface area (Å²) in [5.41, 5.74) is 1.06. The number of ether oxygens (including phenoxy) is 2. The Hall–Kier alpha value is -2.54. The second kappa shape index (κ2) is 6.95. The molecule has 7 heteroatoms. The zero-order valence-electron chi connectivity index (χ0n) is 12.4. The maximum absolute atomic E-state index is 12.3. The highest BCUT2D eigenvalue weighted by Gasteiger charge is 2.33. The summed E-state index contributed by atoms with van der Waals surface area (Å²) in [5.74, 6) is -0.583. The van der Waals surface area contributed by atoms with E-state index in [1.807, 2.05) is 0 Å². The first-order valence-corrected chi connectivity index (χ1v) is 6.76. The van der Waals surface area contributed by atoms with Gasteiger partial charge in [-0.25, -0.2) is 9.59 Å². The number of hydrogen-bond donors (Lipinski definition) is 3. The van der Waals surface area contributed by atoms with Gasteiger partial charge in [0.25, 0.3) is 0 Å². The number of aromatic hydroxyl groups is 1. The molecule has 1 unspecified atom stereocenters. The Labute approximate surface area is 127 Å². The van der Waals surface area contributed by atoms with Crippen LogP contribution in [0.2, 0.25) is 0 Å². The van der Waals surface area contributed by atoms with E-state index in [2.05, 4.69) is 10.6 Å². The number of benzene rings is 1. The standard InChI is InChI=1S/C15H18N2O5/c1-9-12(14(19)22-8-7-21-2)13(17-15(20)16-9)10-5-3-4-6-11(10)18/h3-6,13,18H,7-8H2,1-2H3,(H2,16,17,20). The van der Waals surface area contributed by atoms with E-state index < -0.39 is 18.0 Å². The molecule has 22 heavy (non-hydrogen) atoms. The largest absolute Gasteiger partial charge is 0.508 e. The van der Waals surface area contributed by atoms with E-state index in [1.54, 1.807) is 25.1 Å². The van der Waals surface area contributed by atoms with Crippen molar-refractivity contribution in [1.82, 2.24) is 10.6 Å². The van der Waals surface area contributed by atoms with Crippen LogP contribution in [0.5, 0.6) is 5.75 Å². The average molecular weight is 306 g/mol. The molecule has 0 bridgehead atoms. The van der Waals surface area contributed by atoms with E-state index in [9.17, 15) is 14.7 Å². The van der Waals surface area contributed by atoms with Gasteiger partial charge >= 0.3 is 12.0 Å². The fourth-order valence-electron chi connectivity index (χ4n) is 2.22. The quantitative estimate of drug-likeness (QED) is 0.561. The summed E-state index contributed by atoms with van der Waals surface area (Å²) in [6, 6.07) is 5.29. The first kappa shape index (κ1) is 15.8. The molecule has 0 spiro atoms. The van der Waals surface area contributed by atoms with Crippen LogP contribution in [0.3, 0.4) is 0 Å². The molecule has 0 aromatic heterocycles. The number of allylic oxidation sites excluding steroid dienone is 1. The van der Waals surface area contributed by atoms with E-state index in [1.165, 1.54) is 13.2 Å². The van der Waals surface area contributed by atoms with Gasteiger partial charge in [-0.15, -0.1) is 0 Å². The number of esters is 1. The highest BCUT2D eigenvalue weighted by atomic mass is 16.6. The van der Waals surface area contributed by atoms with Gasteiger partial charge in [-0.05, 0) is 13.0 Å². The van der Waals surface area contributed by atoms with Crippen molar-refractivity contribution in [2.45, 2.75) is 13.0 Å². The smallest absolute Gasteiger partial charge is 0.338 e.